The van der Waals surface area contributed by atoms with Crippen LogP contribution in [0.3, 0.4) is 0 Å². The van der Waals surface area contributed by atoms with Crippen LogP contribution in [0.1, 0.15) is 40.5 Å². The molecule has 17 heavy (non-hydrogen) atoms. The highest BCUT2D eigenvalue weighted by molar-refractivity contribution is 4.84. The van der Waals surface area contributed by atoms with E-state index in [4.69, 9.17) is 10.5 Å². The summed E-state index contributed by atoms with van der Waals surface area (Å²) in [5.41, 5.74) is 6.14. The lowest BCUT2D eigenvalue weighted by atomic mass is 9.80. The standard InChI is InChI=1S/C14H30N2O/c1-5-17-13(10-15)7-9-16-8-6-12(11-16)14(2,3)4/h12-13H,5-11,15H2,1-4H3. The van der Waals surface area contributed by atoms with Crippen LogP contribution in [0.25, 0.3) is 0 Å². The molecule has 1 heterocycles. The molecule has 2 unspecified atom stereocenters. The second-order valence-electron chi connectivity index (χ2n) is 6.25. The molecule has 1 aliphatic rings. The van der Waals surface area contributed by atoms with Crippen molar-refractivity contribution in [1.29, 1.82) is 0 Å². The summed E-state index contributed by atoms with van der Waals surface area (Å²) in [6, 6.07) is 0. The van der Waals surface area contributed by atoms with E-state index in [-0.39, 0.29) is 6.10 Å². The Balaban J connectivity index is 2.26. The van der Waals surface area contributed by atoms with Gasteiger partial charge in [0.05, 0.1) is 6.10 Å². The van der Waals surface area contributed by atoms with E-state index in [9.17, 15) is 0 Å². The molecule has 1 fully saturated rings. The van der Waals surface area contributed by atoms with Gasteiger partial charge in [0.25, 0.3) is 0 Å². The van der Waals surface area contributed by atoms with Crippen LogP contribution in [0.15, 0.2) is 0 Å². The second-order valence-corrected chi connectivity index (χ2v) is 6.25. The first kappa shape index (κ1) is 14.9. The Morgan fingerprint density at radius 1 is 1.41 bits per heavy atom. The molecular weight excluding hydrogens is 212 g/mol. The number of hydrogen-bond acceptors (Lipinski definition) is 3. The van der Waals surface area contributed by atoms with Gasteiger partial charge in [0.15, 0.2) is 0 Å². The molecule has 0 saturated carbocycles. The predicted molar refractivity (Wildman–Crippen MR) is 73.1 cm³/mol. The highest BCUT2D eigenvalue weighted by Gasteiger charge is 2.31. The van der Waals surface area contributed by atoms with Crippen LogP contribution >= 0.6 is 0 Å². The molecule has 102 valence electrons. The lowest BCUT2D eigenvalue weighted by Crippen LogP contribution is -2.31. The van der Waals surface area contributed by atoms with Crippen molar-refractivity contribution in [3.63, 3.8) is 0 Å². The molecule has 0 amide bonds. The lowest BCUT2D eigenvalue weighted by Gasteiger charge is -2.27. The molecule has 0 bridgehead atoms. The lowest BCUT2D eigenvalue weighted by molar-refractivity contribution is 0.0555. The zero-order valence-electron chi connectivity index (χ0n) is 12.0. The SMILES string of the molecule is CCOC(CN)CCN1CCC(C(C)(C)C)C1. The number of rotatable bonds is 6. The average molecular weight is 242 g/mol. The van der Waals surface area contributed by atoms with Crippen molar-refractivity contribution in [2.24, 2.45) is 17.1 Å². The number of likely N-dealkylation sites (tertiary alicyclic amines) is 1. The molecule has 2 atom stereocenters. The minimum atomic E-state index is 0.244. The summed E-state index contributed by atoms with van der Waals surface area (Å²) < 4.78 is 5.59. The molecular formula is C14H30N2O. The van der Waals surface area contributed by atoms with Crippen LogP contribution in [-0.2, 0) is 4.74 Å². The average Bonchev–Trinajstić information content (AvgIpc) is 2.72. The molecule has 3 heteroatoms. The van der Waals surface area contributed by atoms with Gasteiger partial charge in [-0.15, -0.1) is 0 Å². The summed E-state index contributed by atoms with van der Waals surface area (Å²) in [6.45, 7) is 14.1. The molecule has 2 N–H and O–H groups in total. The topological polar surface area (TPSA) is 38.5 Å². The summed E-state index contributed by atoms with van der Waals surface area (Å²) in [6.07, 6.45) is 2.65. The Morgan fingerprint density at radius 2 is 2.12 bits per heavy atom. The Kier molecular flexibility index (Phi) is 5.90. The van der Waals surface area contributed by atoms with Crippen molar-refractivity contribution >= 4 is 0 Å². The van der Waals surface area contributed by atoms with Crippen molar-refractivity contribution in [3.05, 3.63) is 0 Å². The van der Waals surface area contributed by atoms with Crippen LogP contribution in [0.4, 0.5) is 0 Å². The predicted octanol–water partition coefficient (Wildman–Crippen LogP) is 2.11. The van der Waals surface area contributed by atoms with Crippen molar-refractivity contribution < 1.29 is 4.74 Å². The third kappa shape index (κ3) is 4.94. The van der Waals surface area contributed by atoms with Gasteiger partial charge in [-0.25, -0.2) is 0 Å². The highest BCUT2D eigenvalue weighted by atomic mass is 16.5. The molecule has 1 saturated heterocycles. The largest absolute Gasteiger partial charge is 0.377 e. The van der Waals surface area contributed by atoms with Crippen molar-refractivity contribution in [1.82, 2.24) is 4.90 Å². The van der Waals surface area contributed by atoms with Crippen LogP contribution in [-0.4, -0.2) is 43.8 Å². The maximum atomic E-state index is 5.70. The van der Waals surface area contributed by atoms with Crippen LogP contribution in [0, 0.1) is 11.3 Å². The van der Waals surface area contributed by atoms with E-state index in [0.717, 1.165) is 25.5 Å². The molecule has 0 radical (unpaired) electrons. The Hall–Kier alpha value is -0.120. The summed E-state index contributed by atoms with van der Waals surface area (Å²) in [5, 5.41) is 0. The van der Waals surface area contributed by atoms with E-state index >= 15 is 0 Å². The first-order chi connectivity index (χ1) is 7.97. The third-order valence-corrected chi connectivity index (χ3v) is 3.93. The summed E-state index contributed by atoms with van der Waals surface area (Å²) in [7, 11) is 0. The van der Waals surface area contributed by atoms with Gasteiger partial charge in [0.1, 0.15) is 0 Å². The molecule has 0 spiro atoms. The third-order valence-electron chi connectivity index (χ3n) is 3.93. The summed E-state index contributed by atoms with van der Waals surface area (Å²) >= 11 is 0. The maximum Gasteiger partial charge on any atom is 0.0709 e. The number of hydrogen-bond donors (Lipinski definition) is 1. The van der Waals surface area contributed by atoms with E-state index in [1.165, 1.54) is 19.5 Å². The van der Waals surface area contributed by atoms with Crippen LogP contribution in [0.2, 0.25) is 0 Å². The van der Waals surface area contributed by atoms with Gasteiger partial charge in [0.2, 0.25) is 0 Å². The van der Waals surface area contributed by atoms with Crippen molar-refractivity contribution in [3.8, 4) is 0 Å². The summed E-state index contributed by atoms with van der Waals surface area (Å²) in [5.74, 6) is 0.839. The first-order valence-electron chi connectivity index (χ1n) is 7.01. The molecule has 0 aromatic heterocycles. The van der Waals surface area contributed by atoms with Crippen molar-refractivity contribution in [2.75, 3.05) is 32.8 Å². The normalized spacial score (nSPS) is 24.2. The molecule has 3 nitrogen and oxygen atoms in total. The van der Waals surface area contributed by atoms with Gasteiger partial charge >= 0.3 is 0 Å². The molecule has 0 aliphatic carbocycles. The quantitative estimate of drug-likeness (QED) is 0.775. The Morgan fingerprint density at radius 3 is 2.59 bits per heavy atom. The van der Waals surface area contributed by atoms with E-state index in [0.29, 0.717) is 12.0 Å². The van der Waals surface area contributed by atoms with Gasteiger partial charge in [-0.3, -0.25) is 0 Å². The minimum absolute atomic E-state index is 0.244. The van der Waals surface area contributed by atoms with Gasteiger partial charge < -0.3 is 15.4 Å². The zero-order valence-corrected chi connectivity index (χ0v) is 12.0. The monoisotopic (exact) mass is 242 g/mol. The highest BCUT2D eigenvalue weighted by Crippen LogP contribution is 2.33. The molecule has 0 aromatic carbocycles. The molecule has 1 aliphatic heterocycles. The van der Waals surface area contributed by atoms with E-state index in [1.807, 2.05) is 6.92 Å². The zero-order chi connectivity index (χ0) is 12.9. The number of ether oxygens (including phenoxy) is 1. The maximum absolute atomic E-state index is 5.70. The van der Waals surface area contributed by atoms with E-state index in [1.54, 1.807) is 0 Å². The van der Waals surface area contributed by atoms with Crippen LogP contribution < -0.4 is 5.73 Å². The van der Waals surface area contributed by atoms with Crippen molar-refractivity contribution in [2.45, 2.75) is 46.6 Å². The Labute approximate surface area is 107 Å². The first-order valence-corrected chi connectivity index (χ1v) is 7.01. The van der Waals surface area contributed by atoms with Gasteiger partial charge in [-0.05, 0) is 37.6 Å². The number of nitrogens with two attached hydrogens (primary N) is 1. The fourth-order valence-corrected chi connectivity index (χ4v) is 2.57. The Bertz CT molecular complexity index is 213. The minimum Gasteiger partial charge on any atom is -0.377 e. The van der Waals surface area contributed by atoms with Crippen LogP contribution in [0.5, 0.6) is 0 Å². The smallest absolute Gasteiger partial charge is 0.0709 e. The van der Waals surface area contributed by atoms with Gasteiger partial charge in [-0.1, -0.05) is 20.8 Å². The molecule has 1 rings (SSSR count). The van der Waals surface area contributed by atoms with Gasteiger partial charge in [0, 0.05) is 26.2 Å². The second kappa shape index (κ2) is 6.72. The fourth-order valence-electron chi connectivity index (χ4n) is 2.57. The van der Waals surface area contributed by atoms with Gasteiger partial charge in [-0.2, -0.15) is 0 Å². The fraction of sp³-hybridized carbons (Fsp3) is 1.00. The molecule has 0 aromatic rings. The van der Waals surface area contributed by atoms with E-state index in [2.05, 4.69) is 25.7 Å². The summed E-state index contributed by atoms with van der Waals surface area (Å²) in [4.78, 5) is 2.57. The van der Waals surface area contributed by atoms with E-state index < -0.39 is 0 Å². The number of nitrogens with zero attached hydrogens (tertiary/aromatic N) is 1.